The first-order valence-corrected chi connectivity index (χ1v) is 9.88. The van der Waals surface area contributed by atoms with Crippen LogP contribution in [0.2, 0.25) is 0 Å². The summed E-state index contributed by atoms with van der Waals surface area (Å²) in [6.45, 7) is 1.50. The molecular weight excluding hydrogens is 373 g/mol. The third kappa shape index (κ3) is 4.24. The Morgan fingerprint density at radius 2 is 1.97 bits per heavy atom. The van der Waals surface area contributed by atoms with Crippen LogP contribution in [0.4, 0.5) is 4.39 Å². The Balaban J connectivity index is 1.47. The van der Waals surface area contributed by atoms with Crippen molar-refractivity contribution in [2.45, 2.75) is 25.3 Å². The van der Waals surface area contributed by atoms with Crippen LogP contribution in [0.3, 0.4) is 0 Å². The van der Waals surface area contributed by atoms with Gasteiger partial charge in [0.25, 0.3) is 5.91 Å². The Bertz CT molecular complexity index is 916. The summed E-state index contributed by atoms with van der Waals surface area (Å²) in [4.78, 5) is 26.1. The van der Waals surface area contributed by atoms with Gasteiger partial charge in [-0.05, 0) is 61.2 Å². The summed E-state index contributed by atoms with van der Waals surface area (Å²) in [6, 6.07) is 11.6. The van der Waals surface area contributed by atoms with Crippen LogP contribution in [0.25, 0.3) is 0 Å². The molecule has 2 heterocycles. The number of fused-ring (bicyclic) bond motifs is 1. The summed E-state index contributed by atoms with van der Waals surface area (Å²) >= 11 is 0. The molecule has 29 heavy (non-hydrogen) atoms. The van der Waals surface area contributed by atoms with Gasteiger partial charge in [0.05, 0.1) is 5.56 Å². The molecule has 2 saturated heterocycles. The standard InChI is InChI=1S/C22H24FN3O3/c23-19-6-5-17(29-16-3-1-14(2-4-16)7-9-24)12-18(19)22(28)26-10-8-15-11-21(27)25-20(15)13-26/h1-6,12,15,20H,7-11,13,24H2,(H,25,27)/t15-,20-/m1/s1. The van der Waals surface area contributed by atoms with Crippen LogP contribution >= 0.6 is 0 Å². The van der Waals surface area contributed by atoms with Gasteiger partial charge in [-0.2, -0.15) is 0 Å². The summed E-state index contributed by atoms with van der Waals surface area (Å²) in [7, 11) is 0. The van der Waals surface area contributed by atoms with Crippen molar-refractivity contribution in [3.05, 3.63) is 59.4 Å². The lowest BCUT2D eigenvalue weighted by atomic mass is 9.92. The second-order valence-electron chi connectivity index (χ2n) is 7.60. The number of amides is 2. The number of halogens is 1. The zero-order valence-electron chi connectivity index (χ0n) is 16.1. The number of benzene rings is 2. The van der Waals surface area contributed by atoms with Crippen molar-refractivity contribution in [1.82, 2.24) is 10.2 Å². The Hall–Kier alpha value is -2.93. The van der Waals surface area contributed by atoms with Gasteiger partial charge in [0.1, 0.15) is 17.3 Å². The molecule has 2 aliphatic heterocycles. The first-order valence-electron chi connectivity index (χ1n) is 9.88. The Kier molecular flexibility index (Phi) is 5.49. The number of hydrogen-bond acceptors (Lipinski definition) is 4. The van der Waals surface area contributed by atoms with Crippen molar-refractivity contribution >= 4 is 11.8 Å². The average molecular weight is 397 g/mol. The summed E-state index contributed by atoms with van der Waals surface area (Å²) in [5.74, 6) is 0.307. The molecule has 0 spiro atoms. The highest BCUT2D eigenvalue weighted by Gasteiger charge is 2.38. The number of likely N-dealkylation sites (tertiary alicyclic amines) is 1. The molecule has 3 N–H and O–H groups in total. The summed E-state index contributed by atoms with van der Waals surface area (Å²) < 4.78 is 20.2. The molecule has 2 aliphatic rings. The van der Waals surface area contributed by atoms with Gasteiger partial charge in [-0.1, -0.05) is 12.1 Å². The smallest absolute Gasteiger partial charge is 0.257 e. The molecule has 2 fully saturated rings. The Morgan fingerprint density at radius 1 is 1.21 bits per heavy atom. The van der Waals surface area contributed by atoms with Crippen LogP contribution in [-0.4, -0.2) is 42.4 Å². The van der Waals surface area contributed by atoms with E-state index in [2.05, 4.69) is 5.32 Å². The van der Waals surface area contributed by atoms with Crippen molar-refractivity contribution in [3.63, 3.8) is 0 Å². The number of nitrogens with zero attached hydrogens (tertiary/aromatic N) is 1. The molecule has 0 radical (unpaired) electrons. The van der Waals surface area contributed by atoms with E-state index in [-0.39, 0.29) is 29.3 Å². The fourth-order valence-electron chi connectivity index (χ4n) is 4.03. The highest BCUT2D eigenvalue weighted by atomic mass is 19.1. The molecule has 2 atom stereocenters. The number of ether oxygens (including phenoxy) is 1. The lowest BCUT2D eigenvalue weighted by molar-refractivity contribution is -0.119. The van der Waals surface area contributed by atoms with E-state index in [1.165, 1.54) is 18.2 Å². The lowest BCUT2D eigenvalue weighted by Gasteiger charge is -2.34. The van der Waals surface area contributed by atoms with Gasteiger partial charge < -0.3 is 20.7 Å². The van der Waals surface area contributed by atoms with Gasteiger partial charge >= 0.3 is 0 Å². The van der Waals surface area contributed by atoms with E-state index in [0.717, 1.165) is 18.4 Å². The van der Waals surface area contributed by atoms with E-state index in [0.29, 0.717) is 37.6 Å². The molecule has 0 unspecified atom stereocenters. The molecule has 0 bridgehead atoms. The minimum atomic E-state index is -0.585. The molecule has 0 saturated carbocycles. The monoisotopic (exact) mass is 397 g/mol. The van der Waals surface area contributed by atoms with Crippen LogP contribution in [0.15, 0.2) is 42.5 Å². The summed E-state index contributed by atoms with van der Waals surface area (Å²) in [6.07, 6.45) is 2.03. The van der Waals surface area contributed by atoms with Gasteiger partial charge in [-0.15, -0.1) is 0 Å². The highest BCUT2D eigenvalue weighted by molar-refractivity contribution is 5.95. The number of nitrogens with two attached hydrogens (primary N) is 1. The molecule has 4 rings (SSSR count). The molecular formula is C22H24FN3O3. The van der Waals surface area contributed by atoms with Crippen molar-refractivity contribution < 1.29 is 18.7 Å². The van der Waals surface area contributed by atoms with Crippen molar-refractivity contribution in [3.8, 4) is 11.5 Å². The SMILES string of the molecule is NCCc1ccc(Oc2ccc(F)c(C(=O)N3CC[C@@H]4CC(=O)N[C@@H]4C3)c2)cc1. The zero-order chi connectivity index (χ0) is 20.4. The molecule has 2 aromatic carbocycles. The summed E-state index contributed by atoms with van der Waals surface area (Å²) in [5, 5.41) is 2.91. The van der Waals surface area contributed by atoms with Crippen molar-refractivity contribution in [2.75, 3.05) is 19.6 Å². The number of carbonyl (C=O) groups is 2. The van der Waals surface area contributed by atoms with Gasteiger partial charge in [0.15, 0.2) is 0 Å². The van der Waals surface area contributed by atoms with Gasteiger partial charge in [0.2, 0.25) is 5.91 Å². The minimum absolute atomic E-state index is 0.0216. The first kappa shape index (κ1) is 19.4. The molecule has 152 valence electrons. The molecule has 0 aliphatic carbocycles. The third-order valence-electron chi connectivity index (χ3n) is 5.60. The normalized spacial score (nSPS) is 20.9. The van der Waals surface area contributed by atoms with E-state index in [9.17, 15) is 14.0 Å². The highest BCUT2D eigenvalue weighted by Crippen LogP contribution is 2.29. The number of carbonyl (C=O) groups excluding carboxylic acids is 2. The van der Waals surface area contributed by atoms with E-state index >= 15 is 0 Å². The van der Waals surface area contributed by atoms with Gasteiger partial charge in [0, 0.05) is 25.6 Å². The third-order valence-corrected chi connectivity index (χ3v) is 5.60. The van der Waals surface area contributed by atoms with E-state index in [1.807, 2.05) is 24.3 Å². The average Bonchev–Trinajstić information content (AvgIpc) is 3.10. The number of rotatable bonds is 5. The maximum absolute atomic E-state index is 14.4. The van der Waals surface area contributed by atoms with Crippen LogP contribution in [0, 0.1) is 11.7 Å². The van der Waals surface area contributed by atoms with Crippen LogP contribution < -0.4 is 15.8 Å². The van der Waals surface area contributed by atoms with Crippen LogP contribution in [0.1, 0.15) is 28.8 Å². The van der Waals surface area contributed by atoms with Crippen LogP contribution in [-0.2, 0) is 11.2 Å². The van der Waals surface area contributed by atoms with E-state index in [1.54, 1.807) is 4.90 Å². The van der Waals surface area contributed by atoms with Crippen molar-refractivity contribution in [1.29, 1.82) is 0 Å². The molecule has 7 heteroatoms. The summed E-state index contributed by atoms with van der Waals surface area (Å²) in [5.41, 5.74) is 6.64. The fourth-order valence-corrected chi connectivity index (χ4v) is 4.03. The molecule has 6 nitrogen and oxygen atoms in total. The molecule has 2 amide bonds. The maximum Gasteiger partial charge on any atom is 0.257 e. The van der Waals surface area contributed by atoms with Gasteiger partial charge in [-0.3, -0.25) is 9.59 Å². The van der Waals surface area contributed by atoms with Crippen molar-refractivity contribution in [2.24, 2.45) is 11.7 Å². The van der Waals surface area contributed by atoms with E-state index < -0.39 is 5.82 Å². The van der Waals surface area contributed by atoms with Crippen LogP contribution in [0.5, 0.6) is 11.5 Å². The first-order chi connectivity index (χ1) is 14.0. The lowest BCUT2D eigenvalue weighted by Crippen LogP contribution is -2.49. The predicted octanol–water partition coefficient (Wildman–Crippen LogP) is 2.47. The maximum atomic E-state index is 14.4. The molecule has 0 aromatic heterocycles. The zero-order valence-corrected chi connectivity index (χ0v) is 16.1. The second kappa shape index (κ2) is 8.21. The topological polar surface area (TPSA) is 84.7 Å². The minimum Gasteiger partial charge on any atom is -0.457 e. The fraction of sp³-hybridized carbons (Fsp3) is 0.364. The Morgan fingerprint density at radius 3 is 2.72 bits per heavy atom. The molecule has 2 aromatic rings. The Labute approximate surface area is 168 Å². The quantitative estimate of drug-likeness (QED) is 0.812. The van der Waals surface area contributed by atoms with Gasteiger partial charge in [-0.25, -0.2) is 4.39 Å². The second-order valence-corrected chi connectivity index (χ2v) is 7.60. The number of nitrogens with one attached hydrogen (secondary N) is 1. The number of hydrogen-bond donors (Lipinski definition) is 2. The largest absolute Gasteiger partial charge is 0.457 e. The number of piperidine rings is 1. The predicted molar refractivity (Wildman–Crippen MR) is 106 cm³/mol. The van der Waals surface area contributed by atoms with E-state index in [4.69, 9.17) is 10.5 Å².